The highest BCUT2D eigenvalue weighted by atomic mass is 35.5. The highest BCUT2D eigenvalue weighted by Crippen LogP contribution is 2.44. The molecule has 216 valence electrons. The summed E-state index contributed by atoms with van der Waals surface area (Å²) < 4.78 is 59.7. The summed E-state index contributed by atoms with van der Waals surface area (Å²) in [6, 6.07) is 6.61. The van der Waals surface area contributed by atoms with Crippen molar-refractivity contribution in [2.45, 2.75) is 68.0 Å². The third-order valence-corrected chi connectivity index (χ3v) is 10.2. The third kappa shape index (κ3) is 6.96. The Morgan fingerprint density at radius 2 is 1.87 bits per heavy atom. The van der Waals surface area contributed by atoms with Gasteiger partial charge in [-0.15, -0.1) is 0 Å². The topological polar surface area (TPSA) is 133 Å². The second-order valence-corrected chi connectivity index (χ2v) is 12.8. The SMILES string of the molecule is CCC1C[C@@H](S(=O)(=O)c2cc(C(=O)Nc3ccc(F)c(F)c3)ccc2Cl)C[C@H](C)[C@@]1(O)COC[C@@H](O)[C@@H](C)O. The molecular weight excluding hydrogens is 556 g/mol. The highest BCUT2D eigenvalue weighted by molar-refractivity contribution is 7.92. The fourth-order valence-corrected chi connectivity index (χ4v) is 7.41. The number of anilines is 1. The number of hydrogen-bond donors (Lipinski definition) is 4. The van der Waals surface area contributed by atoms with Gasteiger partial charge in [0.15, 0.2) is 21.5 Å². The predicted molar refractivity (Wildman–Crippen MR) is 142 cm³/mol. The summed E-state index contributed by atoms with van der Waals surface area (Å²) in [7, 11) is -4.05. The first-order chi connectivity index (χ1) is 18.2. The van der Waals surface area contributed by atoms with Gasteiger partial charge in [0.25, 0.3) is 5.91 Å². The first-order valence-electron chi connectivity index (χ1n) is 12.7. The van der Waals surface area contributed by atoms with E-state index >= 15 is 0 Å². The molecule has 0 spiro atoms. The Bertz CT molecular complexity index is 1290. The number of hydrogen-bond acceptors (Lipinski definition) is 7. The first kappa shape index (κ1) is 31.4. The van der Waals surface area contributed by atoms with Crippen LogP contribution in [-0.4, -0.2) is 65.9 Å². The minimum atomic E-state index is -4.05. The summed E-state index contributed by atoms with van der Waals surface area (Å²) in [4.78, 5) is 12.5. The van der Waals surface area contributed by atoms with Gasteiger partial charge in [-0.05, 0) is 61.9 Å². The molecule has 0 aliphatic heterocycles. The van der Waals surface area contributed by atoms with E-state index < -0.39 is 62.3 Å². The van der Waals surface area contributed by atoms with Gasteiger partial charge in [0.05, 0.1) is 40.1 Å². The van der Waals surface area contributed by atoms with Crippen LogP contribution in [0.25, 0.3) is 0 Å². The van der Waals surface area contributed by atoms with Crippen molar-refractivity contribution in [2.24, 2.45) is 11.8 Å². The Hall–Kier alpha value is -2.15. The van der Waals surface area contributed by atoms with Gasteiger partial charge in [0.2, 0.25) is 0 Å². The molecule has 6 atom stereocenters. The van der Waals surface area contributed by atoms with E-state index in [1.807, 2.05) is 6.92 Å². The van der Waals surface area contributed by atoms with Gasteiger partial charge in [-0.1, -0.05) is 31.9 Å². The van der Waals surface area contributed by atoms with Crippen molar-refractivity contribution in [3.63, 3.8) is 0 Å². The van der Waals surface area contributed by atoms with E-state index in [1.54, 1.807) is 6.92 Å². The Balaban J connectivity index is 1.81. The maximum absolute atomic E-state index is 13.7. The number of carbonyl (C=O) groups is 1. The molecule has 0 radical (unpaired) electrons. The van der Waals surface area contributed by atoms with Crippen molar-refractivity contribution in [1.82, 2.24) is 0 Å². The normalized spacial score (nSPS) is 25.2. The monoisotopic (exact) mass is 589 g/mol. The third-order valence-electron chi connectivity index (χ3n) is 7.51. The molecule has 0 heterocycles. The Morgan fingerprint density at radius 3 is 2.49 bits per heavy atom. The molecule has 1 aliphatic rings. The van der Waals surface area contributed by atoms with Crippen molar-refractivity contribution in [3.8, 4) is 0 Å². The lowest BCUT2D eigenvalue weighted by molar-refractivity contribution is -0.148. The molecule has 1 fully saturated rings. The molecule has 3 rings (SSSR count). The minimum Gasteiger partial charge on any atom is -0.391 e. The maximum Gasteiger partial charge on any atom is 0.255 e. The van der Waals surface area contributed by atoms with Gasteiger partial charge in [0.1, 0.15) is 6.10 Å². The van der Waals surface area contributed by atoms with Crippen LogP contribution in [0.1, 0.15) is 50.4 Å². The van der Waals surface area contributed by atoms with Crippen molar-refractivity contribution < 1.29 is 42.0 Å². The number of carbonyl (C=O) groups excluding carboxylic acids is 1. The van der Waals surface area contributed by atoms with Crippen LogP contribution < -0.4 is 5.32 Å². The number of halogens is 3. The fourth-order valence-electron chi connectivity index (χ4n) is 4.95. The number of aliphatic hydroxyl groups is 3. The van der Waals surface area contributed by atoms with E-state index in [0.29, 0.717) is 6.42 Å². The second-order valence-electron chi connectivity index (χ2n) is 10.2. The first-order valence-corrected chi connectivity index (χ1v) is 14.6. The van der Waals surface area contributed by atoms with Crippen LogP contribution in [0.5, 0.6) is 0 Å². The standard InChI is InChI=1S/C27H34ClF2NO7S/c1-4-18-11-20(9-15(2)27(18,35)14-38-13-24(33)16(3)32)39(36,37)25-10-17(5-7-21(25)28)26(34)31-19-6-8-22(29)23(30)12-19/h5-8,10,12,15-16,18,20,24,32-33,35H,4,9,11,13-14H2,1-3H3,(H,31,34)/t15-,16+,18?,20-,24+,27-/m0/s1. The zero-order chi connectivity index (χ0) is 29.1. The van der Waals surface area contributed by atoms with Gasteiger partial charge in [-0.25, -0.2) is 17.2 Å². The lowest BCUT2D eigenvalue weighted by atomic mass is 9.68. The number of sulfone groups is 1. The van der Waals surface area contributed by atoms with Crippen LogP contribution in [0, 0.1) is 23.5 Å². The summed E-state index contributed by atoms with van der Waals surface area (Å²) in [5.74, 6) is -3.91. The number of nitrogens with one attached hydrogen (secondary N) is 1. The van der Waals surface area contributed by atoms with Crippen LogP contribution >= 0.6 is 11.6 Å². The van der Waals surface area contributed by atoms with E-state index in [9.17, 15) is 37.3 Å². The number of ether oxygens (including phenoxy) is 1. The van der Waals surface area contributed by atoms with Gasteiger partial charge in [0, 0.05) is 17.3 Å². The van der Waals surface area contributed by atoms with Crippen LogP contribution in [-0.2, 0) is 14.6 Å². The van der Waals surface area contributed by atoms with Crippen molar-refractivity contribution in [2.75, 3.05) is 18.5 Å². The molecule has 2 aromatic carbocycles. The predicted octanol–water partition coefficient (Wildman–Crippen LogP) is 3.96. The van der Waals surface area contributed by atoms with Crippen LogP contribution in [0.15, 0.2) is 41.3 Å². The van der Waals surface area contributed by atoms with E-state index in [1.165, 1.54) is 25.1 Å². The zero-order valence-electron chi connectivity index (χ0n) is 21.9. The molecule has 4 N–H and O–H groups in total. The summed E-state index contributed by atoms with van der Waals surface area (Å²) in [6.45, 7) is 4.66. The van der Waals surface area contributed by atoms with Gasteiger partial charge >= 0.3 is 0 Å². The molecule has 39 heavy (non-hydrogen) atoms. The number of amides is 1. The molecule has 1 unspecified atom stereocenters. The summed E-state index contributed by atoms with van der Waals surface area (Å²) in [6.07, 6.45) is -1.45. The smallest absolute Gasteiger partial charge is 0.255 e. The lowest BCUT2D eigenvalue weighted by Gasteiger charge is -2.47. The lowest BCUT2D eigenvalue weighted by Crippen LogP contribution is -2.54. The molecule has 1 aliphatic carbocycles. The largest absolute Gasteiger partial charge is 0.391 e. The van der Waals surface area contributed by atoms with Crippen molar-refractivity contribution >= 4 is 33.0 Å². The van der Waals surface area contributed by atoms with Crippen LogP contribution in [0.3, 0.4) is 0 Å². The Morgan fingerprint density at radius 1 is 1.18 bits per heavy atom. The summed E-state index contributed by atoms with van der Waals surface area (Å²) >= 11 is 6.27. The van der Waals surface area contributed by atoms with Crippen molar-refractivity contribution in [3.05, 3.63) is 58.6 Å². The van der Waals surface area contributed by atoms with E-state index in [4.69, 9.17) is 16.3 Å². The van der Waals surface area contributed by atoms with Crippen molar-refractivity contribution in [1.29, 1.82) is 0 Å². The maximum atomic E-state index is 13.7. The molecule has 1 saturated carbocycles. The zero-order valence-corrected chi connectivity index (χ0v) is 23.5. The van der Waals surface area contributed by atoms with Crippen LogP contribution in [0.2, 0.25) is 5.02 Å². The summed E-state index contributed by atoms with van der Waals surface area (Å²) in [5, 5.41) is 32.1. The molecule has 0 saturated heterocycles. The molecule has 8 nitrogen and oxygen atoms in total. The Kier molecular flexibility index (Phi) is 10.1. The van der Waals surface area contributed by atoms with Crippen LogP contribution in [0.4, 0.5) is 14.5 Å². The highest BCUT2D eigenvalue weighted by Gasteiger charge is 2.50. The molecule has 0 aromatic heterocycles. The molecular formula is C27H34ClF2NO7S. The average Bonchev–Trinajstić information content (AvgIpc) is 2.87. The molecule has 0 bridgehead atoms. The average molecular weight is 590 g/mol. The molecule has 12 heteroatoms. The molecule has 1 amide bonds. The number of rotatable bonds is 10. The van der Waals surface area contributed by atoms with E-state index in [2.05, 4.69) is 5.32 Å². The quantitative estimate of drug-likeness (QED) is 0.330. The van der Waals surface area contributed by atoms with Gasteiger partial charge in [-0.3, -0.25) is 4.79 Å². The number of benzene rings is 2. The second kappa shape index (κ2) is 12.6. The Labute approximate surface area is 231 Å². The van der Waals surface area contributed by atoms with Gasteiger partial charge < -0.3 is 25.4 Å². The number of aliphatic hydroxyl groups excluding tert-OH is 2. The van der Waals surface area contributed by atoms with E-state index in [-0.39, 0.29) is 47.2 Å². The minimum absolute atomic E-state index is 0.00683. The molecule has 2 aromatic rings. The van der Waals surface area contributed by atoms with E-state index in [0.717, 1.165) is 18.2 Å². The van der Waals surface area contributed by atoms with Gasteiger partial charge in [-0.2, -0.15) is 0 Å². The summed E-state index contributed by atoms with van der Waals surface area (Å²) in [5.41, 5.74) is -1.40. The fraction of sp³-hybridized carbons (Fsp3) is 0.519.